The number of hydrogen-bond donors (Lipinski definition) is 2. The minimum atomic E-state index is 0.0812. The van der Waals surface area contributed by atoms with Crippen molar-refractivity contribution in [2.24, 2.45) is 17.1 Å². The lowest BCUT2D eigenvalue weighted by Gasteiger charge is -2.50. The fourth-order valence-electron chi connectivity index (χ4n) is 3.40. The molecule has 1 fully saturated rings. The Kier molecular flexibility index (Phi) is 5.45. The van der Waals surface area contributed by atoms with Crippen molar-refractivity contribution in [1.29, 1.82) is 5.26 Å². The van der Waals surface area contributed by atoms with E-state index in [9.17, 15) is 5.26 Å². The van der Waals surface area contributed by atoms with Gasteiger partial charge in [-0.25, -0.2) is 9.97 Å². The number of rotatable bonds is 6. The highest BCUT2D eigenvalue weighted by molar-refractivity contribution is 6.30. The molecule has 1 saturated carbocycles. The minimum Gasteiger partial charge on any atom is -0.354 e. The van der Waals surface area contributed by atoms with Crippen LogP contribution in [0.2, 0.25) is 5.02 Å². The first-order valence-electron chi connectivity index (χ1n) is 8.90. The monoisotopic (exact) mass is 369 g/mol. The molecule has 1 aliphatic carbocycles. The minimum absolute atomic E-state index is 0.0812. The number of halogens is 1. The van der Waals surface area contributed by atoms with E-state index >= 15 is 0 Å². The Morgan fingerprint density at radius 1 is 1.42 bits per heavy atom. The van der Waals surface area contributed by atoms with Crippen LogP contribution in [0.4, 0.5) is 5.95 Å². The molecule has 3 N–H and O–H groups in total. The highest BCUT2D eigenvalue weighted by atomic mass is 35.5. The van der Waals surface area contributed by atoms with E-state index < -0.39 is 0 Å². The Bertz CT molecular complexity index is 827. The zero-order chi connectivity index (χ0) is 18.7. The van der Waals surface area contributed by atoms with Crippen molar-refractivity contribution < 1.29 is 0 Å². The Hall–Kier alpha value is -2.16. The lowest BCUT2D eigenvalue weighted by Crippen LogP contribution is -2.55. The molecule has 1 aliphatic rings. The predicted octanol–water partition coefficient (Wildman–Crippen LogP) is 3.57. The molecular formula is C20H24ClN5. The summed E-state index contributed by atoms with van der Waals surface area (Å²) in [6.07, 6.45) is 4.16. The normalized spacial score (nSPS) is 20.9. The van der Waals surface area contributed by atoms with Crippen LogP contribution in [0.15, 0.2) is 30.5 Å². The summed E-state index contributed by atoms with van der Waals surface area (Å²) < 4.78 is 0. The molecule has 1 aromatic carbocycles. The molecule has 3 rings (SSSR count). The average molecular weight is 370 g/mol. The van der Waals surface area contributed by atoms with Gasteiger partial charge in [0.15, 0.2) is 0 Å². The second kappa shape index (κ2) is 7.61. The van der Waals surface area contributed by atoms with Gasteiger partial charge in [0.1, 0.15) is 6.07 Å². The molecule has 5 nitrogen and oxygen atoms in total. The summed E-state index contributed by atoms with van der Waals surface area (Å²) in [7, 11) is 0. The van der Waals surface area contributed by atoms with Gasteiger partial charge in [-0.1, -0.05) is 37.6 Å². The lowest BCUT2D eigenvalue weighted by molar-refractivity contribution is 0.0375. The zero-order valence-corrected chi connectivity index (χ0v) is 15.9. The van der Waals surface area contributed by atoms with Gasteiger partial charge in [-0.3, -0.25) is 0 Å². The van der Waals surface area contributed by atoms with Crippen LogP contribution in [0.1, 0.15) is 37.1 Å². The van der Waals surface area contributed by atoms with E-state index in [1.165, 1.54) is 0 Å². The molecule has 0 radical (unpaired) electrons. The SMILES string of the molecule is CC1(C)[C@@H](Cc2nc(NCCc3cccc(Cl)c3)ncc2C#N)C[C@@H]1N. The fraction of sp³-hybridized carbons (Fsp3) is 0.450. The molecule has 0 saturated heterocycles. The topological polar surface area (TPSA) is 87.6 Å². The number of anilines is 1. The summed E-state index contributed by atoms with van der Waals surface area (Å²) in [4.78, 5) is 8.86. The molecule has 1 heterocycles. The van der Waals surface area contributed by atoms with Crippen LogP contribution in [0.5, 0.6) is 0 Å². The molecule has 2 aromatic rings. The summed E-state index contributed by atoms with van der Waals surface area (Å²) in [5, 5.41) is 13.3. The average Bonchev–Trinajstić information content (AvgIpc) is 2.62. The van der Waals surface area contributed by atoms with E-state index in [4.69, 9.17) is 17.3 Å². The maximum Gasteiger partial charge on any atom is 0.222 e. The van der Waals surface area contributed by atoms with Crippen molar-refractivity contribution in [1.82, 2.24) is 9.97 Å². The Balaban J connectivity index is 1.65. The Labute approximate surface area is 159 Å². The number of nitriles is 1. The molecule has 26 heavy (non-hydrogen) atoms. The number of aromatic nitrogens is 2. The van der Waals surface area contributed by atoms with E-state index in [1.54, 1.807) is 6.20 Å². The number of benzene rings is 1. The quantitative estimate of drug-likeness (QED) is 0.812. The molecule has 6 heteroatoms. The maximum absolute atomic E-state index is 9.36. The van der Waals surface area contributed by atoms with Crippen molar-refractivity contribution in [3.8, 4) is 6.07 Å². The third-order valence-corrected chi connectivity index (χ3v) is 5.80. The van der Waals surface area contributed by atoms with Crippen LogP contribution >= 0.6 is 11.6 Å². The van der Waals surface area contributed by atoms with Crippen molar-refractivity contribution in [2.75, 3.05) is 11.9 Å². The fourth-order valence-corrected chi connectivity index (χ4v) is 3.61. The Morgan fingerprint density at radius 3 is 2.88 bits per heavy atom. The predicted molar refractivity (Wildman–Crippen MR) is 104 cm³/mol. The van der Waals surface area contributed by atoms with Gasteiger partial charge in [-0.2, -0.15) is 5.26 Å². The number of nitrogens with one attached hydrogen (secondary N) is 1. The number of nitrogens with zero attached hydrogens (tertiary/aromatic N) is 3. The molecule has 2 atom stereocenters. The third kappa shape index (κ3) is 3.98. The number of hydrogen-bond acceptors (Lipinski definition) is 5. The molecule has 1 aromatic heterocycles. The second-order valence-electron chi connectivity index (χ2n) is 7.54. The summed E-state index contributed by atoms with van der Waals surface area (Å²) in [6, 6.07) is 10.2. The summed E-state index contributed by atoms with van der Waals surface area (Å²) in [5.41, 5.74) is 8.70. The van der Waals surface area contributed by atoms with E-state index in [0.29, 0.717) is 24.0 Å². The summed E-state index contributed by atoms with van der Waals surface area (Å²) in [6.45, 7) is 5.07. The van der Waals surface area contributed by atoms with Crippen LogP contribution in [0, 0.1) is 22.7 Å². The first-order chi connectivity index (χ1) is 12.4. The van der Waals surface area contributed by atoms with Crippen molar-refractivity contribution in [3.63, 3.8) is 0 Å². The zero-order valence-electron chi connectivity index (χ0n) is 15.2. The summed E-state index contributed by atoms with van der Waals surface area (Å²) in [5.74, 6) is 1.00. The lowest BCUT2D eigenvalue weighted by atomic mass is 9.57. The van der Waals surface area contributed by atoms with E-state index in [-0.39, 0.29) is 11.5 Å². The van der Waals surface area contributed by atoms with Gasteiger partial charge in [-0.05, 0) is 48.3 Å². The molecular weight excluding hydrogens is 346 g/mol. The third-order valence-electron chi connectivity index (χ3n) is 5.56. The van der Waals surface area contributed by atoms with Gasteiger partial charge in [0.25, 0.3) is 0 Å². The molecule has 0 bridgehead atoms. The number of nitrogens with two attached hydrogens (primary N) is 1. The van der Waals surface area contributed by atoms with Crippen LogP contribution in [0.25, 0.3) is 0 Å². The van der Waals surface area contributed by atoms with Crippen LogP contribution in [-0.2, 0) is 12.8 Å². The van der Waals surface area contributed by atoms with E-state index in [2.05, 4.69) is 35.2 Å². The summed E-state index contributed by atoms with van der Waals surface area (Å²) >= 11 is 6.01. The highest BCUT2D eigenvalue weighted by Gasteiger charge is 2.45. The molecule has 136 valence electrons. The van der Waals surface area contributed by atoms with Crippen LogP contribution < -0.4 is 11.1 Å². The molecule has 0 amide bonds. The second-order valence-corrected chi connectivity index (χ2v) is 7.97. The van der Waals surface area contributed by atoms with Gasteiger partial charge in [-0.15, -0.1) is 0 Å². The molecule has 0 aliphatic heterocycles. The van der Waals surface area contributed by atoms with Crippen LogP contribution in [-0.4, -0.2) is 22.6 Å². The van der Waals surface area contributed by atoms with Gasteiger partial charge in [0.2, 0.25) is 5.95 Å². The maximum atomic E-state index is 9.36. The van der Waals surface area contributed by atoms with E-state index in [0.717, 1.165) is 35.5 Å². The highest BCUT2D eigenvalue weighted by Crippen LogP contribution is 2.46. The van der Waals surface area contributed by atoms with Gasteiger partial charge in [0, 0.05) is 17.6 Å². The molecule has 0 unspecified atom stereocenters. The van der Waals surface area contributed by atoms with Crippen molar-refractivity contribution in [3.05, 3.63) is 52.3 Å². The smallest absolute Gasteiger partial charge is 0.222 e. The first kappa shape index (κ1) is 18.6. The van der Waals surface area contributed by atoms with Crippen molar-refractivity contribution >= 4 is 17.5 Å². The Morgan fingerprint density at radius 2 is 2.23 bits per heavy atom. The van der Waals surface area contributed by atoms with E-state index in [1.807, 2.05) is 24.3 Å². The van der Waals surface area contributed by atoms with Gasteiger partial charge in [0.05, 0.1) is 17.5 Å². The van der Waals surface area contributed by atoms with Gasteiger partial charge >= 0.3 is 0 Å². The van der Waals surface area contributed by atoms with Gasteiger partial charge < -0.3 is 11.1 Å². The molecule has 0 spiro atoms. The largest absolute Gasteiger partial charge is 0.354 e. The van der Waals surface area contributed by atoms with Crippen LogP contribution in [0.3, 0.4) is 0 Å². The first-order valence-corrected chi connectivity index (χ1v) is 9.28. The van der Waals surface area contributed by atoms with Crippen molar-refractivity contribution in [2.45, 2.75) is 39.2 Å². The standard InChI is InChI=1S/C20H24ClN5/c1-20(2)15(10-18(20)23)9-17-14(11-22)12-25-19(26-17)24-7-6-13-4-3-5-16(21)8-13/h3-5,8,12,15,18H,6-7,9-10,23H2,1-2H3,(H,24,25,26)/t15-,18-/m0/s1.